The summed E-state index contributed by atoms with van der Waals surface area (Å²) >= 11 is 0. The van der Waals surface area contributed by atoms with Crippen LogP contribution in [0.25, 0.3) is 0 Å². The predicted octanol–water partition coefficient (Wildman–Crippen LogP) is 4.58. The molecule has 1 aromatic rings. The molecule has 1 amide bonds. The first-order valence-corrected chi connectivity index (χ1v) is 9.10. The second-order valence-electron chi connectivity index (χ2n) is 6.41. The maximum absolute atomic E-state index is 12.2. The van der Waals surface area contributed by atoms with E-state index in [0.29, 0.717) is 25.1 Å². The van der Waals surface area contributed by atoms with Gasteiger partial charge in [-0.2, -0.15) is 0 Å². The standard InChI is InChI=1S/C20H31NO4/c1-6-8-13-21(20(23)24-7-2)16(4)14-17(5)25-19(22)18-11-9-15(3)10-12-18/h9-12,16-17H,6-8,13-14H2,1-5H3. The van der Waals surface area contributed by atoms with Gasteiger partial charge in [-0.15, -0.1) is 0 Å². The largest absolute Gasteiger partial charge is 0.459 e. The average molecular weight is 349 g/mol. The Morgan fingerprint density at radius 1 is 1.12 bits per heavy atom. The number of esters is 1. The van der Waals surface area contributed by atoms with Gasteiger partial charge in [0, 0.05) is 19.0 Å². The maximum Gasteiger partial charge on any atom is 0.409 e. The molecule has 25 heavy (non-hydrogen) atoms. The number of carbonyl (C=O) groups is 2. The van der Waals surface area contributed by atoms with Crippen LogP contribution in [0.2, 0.25) is 0 Å². The van der Waals surface area contributed by atoms with Crippen molar-refractivity contribution in [1.82, 2.24) is 4.90 Å². The zero-order valence-corrected chi connectivity index (χ0v) is 16.1. The number of nitrogens with zero attached hydrogens (tertiary/aromatic N) is 1. The zero-order chi connectivity index (χ0) is 18.8. The highest BCUT2D eigenvalue weighted by molar-refractivity contribution is 5.89. The molecular formula is C20H31NO4. The van der Waals surface area contributed by atoms with E-state index in [1.54, 1.807) is 24.0 Å². The Morgan fingerprint density at radius 3 is 2.32 bits per heavy atom. The Hall–Kier alpha value is -2.04. The predicted molar refractivity (Wildman–Crippen MR) is 98.8 cm³/mol. The monoisotopic (exact) mass is 349 g/mol. The smallest absolute Gasteiger partial charge is 0.409 e. The molecular weight excluding hydrogens is 318 g/mol. The van der Waals surface area contributed by atoms with E-state index in [2.05, 4.69) is 6.92 Å². The van der Waals surface area contributed by atoms with E-state index >= 15 is 0 Å². The van der Waals surface area contributed by atoms with Crippen LogP contribution < -0.4 is 0 Å². The summed E-state index contributed by atoms with van der Waals surface area (Å²) in [6.07, 6.45) is 1.89. The molecule has 2 atom stereocenters. The van der Waals surface area contributed by atoms with Crippen molar-refractivity contribution in [2.75, 3.05) is 13.2 Å². The second kappa shape index (κ2) is 10.7. The number of rotatable bonds is 9. The number of amides is 1. The summed E-state index contributed by atoms with van der Waals surface area (Å²) in [5, 5.41) is 0. The molecule has 140 valence electrons. The molecule has 5 heteroatoms. The van der Waals surface area contributed by atoms with E-state index in [-0.39, 0.29) is 24.2 Å². The van der Waals surface area contributed by atoms with Gasteiger partial charge in [0.1, 0.15) is 6.10 Å². The molecule has 5 nitrogen and oxygen atoms in total. The Kier molecular flexibility index (Phi) is 9.03. The number of benzene rings is 1. The lowest BCUT2D eigenvalue weighted by atomic mass is 10.1. The zero-order valence-electron chi connectivity index (χ0n) is 16.1. The molecule has 0 bridgehead atoms. The highest BCUT2D eigenvalue weighted by Gasteiger charge is 2.24. The number of ether oxygens (including phenoxy) is 2. The van der Waals surface area contributed by atoms with Gasteiger partial charge in [0.15, 0.2) is 0 Å². The van der Waals surface area contributed by atoms with Gasteiger partial charge in [0.2, 0.25) is 0 Å². The van der Waals surface area contributed by atoms with Gasteiger partial charge in [-0.1, -0.05) is 31.0 Å². The maximum atomic E-state index is 12.2. The highest BCUT2D eigenvalue weighted by atomic mass is 16.6. The summed E-state index contributed by atoms with van der Waals surface area (Å²) in [7, 11) is 0. The summed E-state index contributed by atoms with van der Waals surface area (Å²) in [4.78, 5) is 26.1. The number of aryl methyl sites for hydroxylation is 1. The number of carbonyl (C=O) groups excluding carboxylic acids is 2. The van der Waals surface area contributed by atoms with E-state index in [1.165, 1.54) is 0 Å². The van der Waals surface area contributed by atoms with Crippen molar-refractivity contribution >= 4 is 12.1 Å². The quantitative estimate of drug-likeness (QED) is 0.612. The van der Waals surface area contributed by atoms with Gasteiger partial charge in [-0.3, -0.25) is 0 Å². The molecule has 2 unspecified atom stereocenters. The normalized spacial score (nSPS) is 13.0. The van der Waals surface area contributed by atoms with E-state index in [0.717, 1.165) is 18.4 Å². The lowest BCUT2D eigenvalue weighted by Crippen LogP contribution is -2.41. The molecule has 1 rings (SSSR count). The van der Waals surface area contributed by atoms with E-state index in [4.69, 9.17) is 9.47 Å². The highest BCUT2D eigenvalue weighted by Crippen LogP contribution is 2.14. The molecule has 0 heterocycles. The third-order valence-electron chi connectivity index (χ3n) is 4.06. The first kappa shape index (κ1) is 21.0. The molecule has 0 saturated heterocycles. The summed E-state index contributed by atoms with van der Waals surface area (Å²) in [5.74, 6) is -0.337. The third kappa shape index (κ3) is 7.16. The summed E-state index contributed by atoms with van der Waals surface area (Å²) in [6.45, 7) is 10.7. The Labute approximate surface area is 151 Å². The van der Waals surface area contributed by atoms with Crippen LogP contribution in [-0.4, -0.2) is 42.3 Å². The lowest BCUT2D eigenvalue weighted by Gasteiger charge is -2.30. The minimum atomic E-state index is -0.337. The molecule has 0 aliphatic carbocycles. The van der Waals surface area contributed by atoms with Crippen LogP contribution in [0.3, 0.4) is 0 Å². The molecule has 0 spiro atoms. The molecule has 0 aliphatic heterocycles. The third-order valence-corrected chi connectivity index (χ3v) is 4.06. The topological polar surface area (TPSA) is 55.8 Å². The molecule has 1 aromatic carbocycles. The molecule has 0 aliphatic rings. The van der Waals surface area contributed by atoms with Gasteiger partial charge in [-0.25, -0.2) is 9.59 Å². The van der Waals surface area contributed by atoms with Gasteiger partial charge in [-0.05, 0) is 46.2 Å². The minimum absolute atomic E-state index is 0.0635. The van der Waals surface area contributed by atoms with Crippen LogP contribution in [0.4, 0.5) is 4.79 Å². The van der Waals surface area contributed by atoms with Crippen LogP contribution in [0, 0.1) is 6.92 Å². The number of unbranched alkanes of at least 4 members (excludes halogenated alkanes) is 1. The second-order valence-corrected chi connectivity index (χ2v) is 6.41. The van der Waals surface area contributed by atoms with Crippen molar-refractivity contribution in [1.29, 1.82) is 0 Å². The van der Waals surface area contributed by atoms with Gasteiger partial charge in [0.25, 0.3) is 0 Å². The number of hydrogen-bond donors (Lipinski definition) is 0. The first-order chi connectivity index (χ1) is 11.9. The summed E-state index contributed by atoms with van der Waals surface area (Å²) in [6, 6.07) is 7.24. The van der Waals surface area contributed by atoms with Crippen LogP contribution in [0.15, 0.2) is 24.3 Å². The fourth-order valence-electron chi connectivity index (χ4n) is 2.62. The van der Waals surface area contributed by atoms with Crippen molar-refractivity contribution in [2.24, 2.45) is 0 Å². The van der Waals surface area contributed by atoms with Crippen LogP contribution >= 0.6 is 0 Å². The van der Waals surface area contributed by atoms with Gasteiger partial charge < -0.3 is 14.4 Å². The van der Waals surface area contributed by atoms with Crippen molar-refractivity contribution in [3.63, 3.8) is 0 Å². The Bertz CT molecular complexity index is 541. The lowest BCUT2D eigenvalue weighted by molar-refractivity contribution is 0.0249. The van der Waals surface area contributed by atoms with E-state index in [9.17, 15) is 9.59 Å². The van der Waals surface area contributed by atoms with Gasteiger partial charge in [0.05, 0.1) is 12.2 Å². The fraction of sp³-hybridized carbons (Fsp3) is 0.600. The Balaban J connectivity index is 2.62. The van der Waals surface area contributed by atoms with Crippen molar-refractivity contribution in [3.05, 3.63) is 35.4 Å². The fourth-order valence-corrected chi connectivity index (χ4v) is 2.62. The summed E-state index contributed by atoms with van der Waals surface area (Å²) in [5.41, 5.74) is 1.64. The van der Waals surface area contributed by atoms with Crippen molar-refractivity contribution < 1.29 is 19.1 Å². The number of hydrogen-bond acceptors (Lipinski definition) is 4. The molecule has 0 radical (unpaired) electrons. The van der Waals surface area contributed by atoms with Crippen molar-refractivity contribution in [3.8, 4) is 0 Å². The molecule has 0 saturated carbocycles. The van der Waals surface area contributed by atoms with Gasteiger partial charge >= 0.3 is 12.1 Å². The van der Waals surface area contributed by atoms with Crippen LogP contribution in [-0.2, 0) is 9.47 Å². The molecule has 0 N–H and O–H groups in total. The van der Waals surface area contributed by atoms with Crippen molar-refractivity contribution in [2.45, 2.75) is 66.0 Å². The van der Waals surface area contributed by atoms with Crippen LogP contribution in [0.5, 0.6) is 0 Å². The SMILES string of the molecule is CCCCN(C(=O)OCC)C(C)CC(C)OC(=O)c1ccc(C)cc1. The van der Waals surface area contributed by atoms with E-state index < -0.39 is 0 Å². The Morgan fingerprint density at radius 2 is 1.76 bits per heavy atom. The average Bonchev–Trinajstić information content (AvgIpc) is 2.55. The first-order valence-electron chi connectivity index (χ1n) is 9.10. The van der Waals surface area contributed by atoms with E-state index in [1.807, 2.05) is 32.9 Å². The minimum Gasteiger partial charge on any atom is -0.459 e. The van der Waals surface area contributed by atoms with Crippen LogP contribution in [0.1, 0.15) is 62.9 Å². The molecule has 0 fully saturated rings. The summed E-state index contributed by atoms with van der Waals surface area (Å²) < 4.78 is 10.7. The molecule has 0 aromatic heterocycles.